The van der Waals surface area contributed by atoms with E-state index >= 15 is 0 Å². The van der Waals surface area contributed by atoms with E-state index in [-0.39, 0.29) is 11.9 Å². The van der Waals surface area contributed by atoms with Crippen LogP contribution in [0.25, 0.3) is 11.3 Å². The van der Waals surface area contributed by atoms with Gasteiger partial charge in [0.25, 0.3) is 5.91 Å². The first-order valence-corrected chi connectivity index (χ1v) is 7.82. The van der Waals surface area contributed by atoms with Gasteiger partial charge in [0, 0.05) is 24.7 Å². The van der Waals surface area contributed by atoms with Crippen LogP contribution in [-0.2, 0) is 0 Å². The van der Waals surface area contributed by atoms with Crippen LogP contribution in [0.15, 0.2) is 34.8 Å². The summed E-state index contributed by atoms with van der Waals surface area (Å²) in [5, 5.41) is 7.14. The molecular formula is C15H17BrN4O. The highest BCUT2D eigenvalue weighted by Gasteiger charge is 2.31. The highest BCUT2D eigenvalue weighted by Crippen LogP contribution is 2.30. The van der Waals surface area contributed by atoms with Gasteiger partial charge in [-0.1, -0.05) is 30.3 Å². The summed E-state index contributed by atoms with van der Waals surface area (Å²) in [5.41, 5.74) is 7.96. The predicted molar refractivity (Wildman–Crippen MR) is 84.8 cm³/mol. The maximum Gasteiger partial charge on any atom is 0.273 e. The normalized spacial score (nSPS) is 18.2. The van der Waals surface area contributed by atoms with Gasteiger partial charge in [0.05, 0.1) is 4.47 Å². The number of nitrogens with one attached hydrogen (secondary N) is 1. The number of rotatable bonds is 3. The topological polar surface area (TPSA) is 75.0 Å². The number of carbonyl (C=O) groups excluding carboxylic acids is 1. The molecule has 0 radical (unpaired) electrons. The monoisotopic (exact) mass is 348 g/mol. The van der Waals surface area contributed by atoms with Crippen LogP contribution in [0.4, 0.5) is 0 Å². The lowest BCUT2D eigenvalue weighted by molar-refractivity contribution is 0.0734. The zero-order valence-electron chi connectivity index (χ0n) is 11.6. The number of likely N-dealkylation sites (tertiary alicyclic amines) is 1. The summed E-state index contributed by atoms with van der Waals surface area (Å²) in [6.07, 6.45) is 1.98. The standard InChI is InChI=1S/C15H17BrN4O/c16-12-13(10-5-2-1-3-6-10)18-19-14(12)15(21)20-8-4-7-11(20)9-17/h1-3,5-6,11H,4,7-9,17H2,(H,18,19)/t11-/m1/s1. The molecule has 0 bridgehead atoms. The van der Waals surface area contributed by atoms with Crippen LogP contribution in [0.1, 0.15) is 23.3 Å². The number of hydrogen-bond acceptors (Lipinski definition) is 3. The minimum Gasteiger partial charge on any atom is -0.333 e. The fourth-order valence-corrected chi connectivity index (χ4v) is 3.32. The molecule has 5 nitrogen and oxygen atoms in total. The molecule has 1 aromatic carbocycles. The van der Waals surface area contributed by atoms with E-state index in [0.717, 1.165) is 30.6 Å². The number of nitrogens with two attached hydrogens (primary N) is 1. The summed E-state index contributed by atoms with van der Waals surface area (Å²) < 4.78 is 0.710. The van der Waals surface area contributed by atoms with Gasteiger partial charge in [-0.25, -0.2) is 0 Å². The van der Waals surface area contributed by atoms with Crippen molar-refractivity contribution >= 4 is 21.8 Å². The molecule has 2 aromatic rings. The second-order valence-electron chi connectivity index (χ2n) is 5.16. The number of amides is 1. The first-order chi connectivity index (χ1) is 10.2. The molecule has 1 amide bonds. The van der Waals surface area contributed by atoms with Crippen molar-refractivity contribution in [3.05, 3.63) is 40.5 Å². The largest absolute Gasteiger partial charge is 0.333 e. The summed E-state index contributed by atoms with van der Waals surface area (Å²) in [5.74, 6) is -0.0375. The van der Waals surface area contributed by atoms with Gasteiger partial charge < -0.3 is 10.6 Å². The van der Waals surface area contributed by atoms with Crippen molar-refractivity contribution in [2.75, 3.05) is 13.1 Å². The Balaban J connectivity index is 1.90. The molecule has 1 aliphatic heterocycles. The van der Waals surface area contributed by atoms with E-state index in [2.05, 4.69) is 26.1 Å². The fourth-order valence-electron chi connectivity index (χ4n) is 2.75. The Morgan fingerprint density at radius 2 is 2.19 bits per heavy atom. The Labute approximate surface area is 131 Å². The Kier molecular flexibility index (Phi) is 4.07. The number of aromatic amines is 1. The average Bonchev–Trinajstić information content (AvgIpc) is 3.13. The average molecular weight is 349 g/mol. The van der Waals surface area contributed by atoms with Crippen LogP contribution in [0.5, 0.6) is 0 Å². The lowest BCUT2D eigenvalue weighted by Gasteiger charge is -2.22. The molecule has 1 aromatic heterocycles. The maximum atomic E-state index is 12.7. The Morgan fingerprint density at radius 3 is 2.90 bits per heavy atom. The molecule has 0 unspecified atom stereocenters. The number of halogens is 1. The molecular weight excluding hydrogens is 332 g/mol. The first-order valence-electron chi connectivity index (χ1n) is 7.02. The summed E-state index contributed by atoms with van der Waals surface area (Å²) in [6, 6.07) is 9.91. The lowest BCUT2D eigenvalue weighted by Crippen LogP contribution is -2.40. The Morgan fingerprint density at radius 1 is 1.43 bits per heavy atom. The SMILES string of the molecule is NC[C@H]1CCCN1C(=O)c1[nH]nc(-c2ccccc2)c1Br. The summed E-state index contributed by atoms with van der Waals surface area (Å²) in [7, 11) is 0. The maximum absolute atomic E-state index is 12.7. The highest BCUT2D eigenvalue weighted by molar-refractivity contribution is 9.10. The molecule has 110 valence electrons. The first kappa shape index (κ1) is 14.3. The van der Waals surface area contributed by atoms with Crippen LogP contribution in [0, 0.1) is 0 Å². The van der Waals surface area contributed by atoms with Gasteiger partial charge in [-0.3, -0.25) is 9.89 Å². The molecule has 1 aliphatic rings. The van der Waals surface area contributed by atoms with Gasteiger partial charge in [0.2, 0.25) is 0 Å². The van der Waals surface area contributed by atoms with Crippen LogP contribution >= 0.6 is 15.9 Å². The van der Waals surface area contributed by atoms with E-state index in [1.807, 2.05) is 35.2 Å². The van der Waals surface area contributed by atoms with Gasteiger partial charge >= 0.3 is 0 Å². The number of hydrogen-bond donors (Lipinski definition) is 2. The van der Waals surface area contributed by atoms with Crippen molar-refractivity contribution in [1.29, 1.82) is 0 Å². The predicted octanol–water partition coefficient (Wildman–Crippen LogP) is 2.40. The Bertz CT molecular complexity index is 640. The highest BCUT2D eigenvalue weighted by atomic mass is 79.9. The van der Waals surface area contributed by atoms with E-state index in [1.54, 1.807) is 0 Å². The molecule has 1 saturated heterocycles. The van der Waals surface area contributed by atoms with E-state index in [4.69, 9.17) is 5.73 Å². The third kappa shape index (κ3) is 2.61. The number of nitrogens with zero attached hydrogens (tertiary/aromatic N) is 2. The molecule has 0 saturated carbocycles. The fraction of sp³-hybridized carbons (Fsp3) is 0.333. The number of carbonyl (C=O) groups is 1. The van der Waals surface area contributed by atoms with Crippen LogP contribution in [0.3, 0.4) is 0 Å². The molecule has 2 heterocycles. The van der Waals surface area contributed by atoms with Crippen molar-refractivity contribution in [3.8, 4) is 11.3 Å². The zero-order chi connectivity index (χ0) is 14.8. The van der Waals surface area contributed by atoms with E-state index in [9.17, 15) is 4.79 Å². The second kappa shape index (κ2) is 5.99. The van der Waals surface area contributed by atoms with Gasteiger partial charge in [-0.15, -0.1) is 0 Å². The lowest BCUT2D eigenvalue weighted by atomic mass is 10.1. The van der Waals surface area contributed by atoms with E-state index in [1.165, 1.54) is 0 Å². The van der Waals surface area contributed by atoms with Crippen LogP contribution < -0.4 is 5.73 Å². The molecule has 21 heavy (non-hydrogen) atoms. The van der Waals surface area contributed by atoms with Crippen LogP contribution in [0.2, 0.25) is 0 Å². The van der Waals surface area contributed by atoms with Gasteiger partial charge in [0.1, 0.15) is 11.4 Å². The number of H-pyrrole nitrogens is 1. The van der Waals surface area contributed by atoms with Crippen molar-refractivity contribution in [3.63, 3.8) is 0 Å². The summed E-state index contributed by atoms with van der Waals surface area (Å²) in [6.45, 7) is 1.26. The third-order valence-electron chi connectivity index (χ3n) is 3.88. The van der Waals surface area contributed by atoms with Crippen molar-refractivity contribution in [2.24, 2.45) is 5.73 Å². The van der Waals surface area contributed by atoms with Gasteiger partial charge in [0.15, 0.2) is 0 Å². The number of benzene rings is 1. The number of aromatic nitrogens is 2. The van der Waals surface area contributed by atoms with Gasteiger partial charge in [-0.2, -0.15) is 5.10 Å². The second-order valence-corrected chi connectivity index (χ2v) is 5.95. The summed E-state index contributed by atoms with van der Waals surface area (Å²) in [4.78, 5) is 14.5. The van der Waals surface area contributed by atoms with E-state index in [0.29, 0.717) is 16.7 Å². The van der Waals surface area contributed by atoms with Crippen molar-refractivity contribution in [2.45, 2.75) is 18.9 Å². The summed E-state index contributed by atoms with van der Waals surface area (Å²) >= 11 is 3.51. The molecule has 1 atom stereocenters. The minimum atomic E-state index is -0.0375. The molecule has 1 fully saturated rings. The third-order valence-corrected chi connectivity index (χ3v) is 4.65. The molecule has 0 spiro atoms. The quantitative estimate of drug-likeness (QED) is 0.894. The van der Waals surface area contributed by atoms with Crippen LogP contribution in [-0.4, -0.2) is 40.1 Å². The smallest absolute Gasteiger partial charge is 0.273 e. The van der Waals surface area contributed by atoms with E-state index < -0.39 is 0 Å². The minimum absolute atomic E-state index is 0.0375. The zero-order valence-corrected chi connectivity index (χ0v) is 13.1. The van der Waals surface area contributed by atoms with Crippen molar-refractivity contribution < 1.29 is 4.79 Å². The van der Waals surface area contributed by atoms with Gasteiger partial charge in [-0.05, 0) is 28.8 Å². The molecule has 0 aliphatic carbocycles. The van der Waals surface area contributed by atoms with Crippen molar-refractivity contribution in [1.82, 2.24) is 15.1 Å². The molecule has 6 heteroatoms. The molecule has 3 N–H and O–H groups in total. The Hall–Kier alpha value is -1.66. The molecule has 3 rings (SSSR count).